The molecule has 36 heavy (non-hydrogen) atoms. The number of thioether (sulfide) groups is 3. The molecule has 0 unspecified atom stereocenters. The monoisotopic (exact) mass is 568 g/mol. The van der Waals surface area contributed by atoms with E-state index >= 15 is 0 Å². The molecule has 0 aliphatic carbocycles. The lowest BCUT2D eigenvalue weighted by atomic mass is 9.87. The Morgan fingerprint density at radius 1 is 1.42 bits per heavy atom. The number of nitrogen functional groups attached to an aromatic ring is 1. The summed E-state index contributed by atoms with van der Waals surface area (Å²) in [4.78, 5) is 49.0. The van der Waals surface area contributed by atoms with Crippen LogP contribution in [0, 0.1) is 0 Å². The number of hydrogen-bond donors (Lipinski definition) is 5. The van der Waals surface area contributed by atoms with E-state index < -0.39 is 34.4 Å². The smallest absolute Gasteiger partial charge is 0.342 e. The number of oxime groups is 1. The number of amides is 2. The van der Waals surface area contributed by atoms with Crippen molar-refractivity contribution in [3.05, 3.63) is 41.0 Å². The van der Waals surface area contributed by atoms with Crippen LogP contribution in [-0.4, -0.2) is 82.0 Å². The summed E-state index contributed by atoms with van der Waals surface area (Å²) in [6.45, 7) is 0.584. The summed E-state index contributed by atoms with van der Waals surface area (Å²) in [5, 5.41) is 23.4. The summed E-state index contributed by atoms with van der Waals surface area (Å²) in [6, 6.07) is 1.93. The third-order valence-electron chi connectivity index (χ3n) is 5.11. The summed E-state index contributed by atoms with van der Waals surface area (Å²) in [5.41, 5.74) is 9.25. The molecule has 4 heterocycles. The molecule has 2 aromatic rings. The Hall–Kier alpha value is -2.86. The van der Waals surface area contributed by atoms with Gasteiger partial charge in [0.1, 0.15) is 5.37 Å². The highest BCUT2D eigenvalue weighted by atomic mass is 32.2. The predicted octanol–water partition coefficient (Wildman–Crippen LogP) is 0.374. The molecule has 2 aliphatic heterocycles. The molecule has 4 rings (SSSR count). The van der Waals surface area contributed by atoms with Crippen LogP contribution in [-0.2, 0) is 20.1 Å². The van der Waals surface area contributed by atoms with Crippen LogP contribution in [0.15, 0.2) is 39.6 Å². The molecule has 7 N–H and O–H groups in total. The second-order valence-corrected chi connectivity index (χ2v) is 11.5. The molecule has 0 bridgehead atoms. The average Bonchev–Trinajstić information content (AvgIpc) is 3.29. The van der Waals surface area contributed by atoms with E-state index in [1.807, 2.05) is 6.07 Å². The van der Waals surface area contributed by atoms with Gasteiger partial charge in [-0.1, -0.05) is 16.9 Å². The number of rotatable bonds is 10. The van der Waals surface area contributed by atoms with Gasteiger partial charge in [0.05, 0.1) is 0 Å². The molecule has 17 heteroatoms. The van der Waals surface area contributed by atoms with Crippen LogP contribution < -0.4 is 16.8 Å². The highest BCUT2D eigenvalue weighted by Gasteiger charge is 2.68. The Balaban J connectivity index is 1.51. The van der Waals surface area contributed by atoms with Gasteiger partial charge in [0, 0.05) is 63.7 Å². The van der Waals surface area contributed by atoms with Crippen LogP contribution in [0.4, 0.5) is 5.13 Å². The van der Waals surface area contributed by atoms with Crippen molar-refractivity contribution in [2.24, 2.45) is 10.9 Å². The third kappa shape index (κ3) is 4.88. The molecule has 2 amide bonds. The van der Waals surface area contributed by atoms with Gasteiger partial charge in [-0.15, -0.1) is 11.8 Å². The lowest BCUT2D eigenvalue weighted by Gasteiger charge is -2.53. The molecule has 0 saturated carbocycles. The second kappa shape index (κ2) is 11.0. The van der Waals surface area contributed by atoms with Crippen molar-refractivity contribution in [3.8, 4) is 0 Å². The van der Waals surface area contributed by atoms with Crippen LogP contribution >= 0.6 is 46.8 Å². The first kappa shape index (κ1) is 26.2. The zero-order chi connectivity index (χ0) is 25.9. The molecular weight excluding hydrogens is 549 g/mol. The molecule has 1 fully saturated rings. The Morgan fingerprint density at radius 2 is 2.22 bits per heavy atom. The fourth-order valence-corrected chi connectivity index (χ4v) is 7.26. The van der Waals surface area contributed by atoms with Crippen molar-refractivity contribution in [1.29, 1.82) is 0 Å². The second-order valence-electron chi connectivity index (χ2n) is 7.37. The van der Waals surface area contributed by atoms with Gasteiger partial charge in [-0.3, -0.25) is 19.5 Å². The fraction of sp³-hybridized carbons (Fsp3) is 0.316. The molecule has 2 aromatic heterocycles. The fourth-order valence-electron chi connectivity index (χ4n) is 3.45. The number of aliphatic carboxylic acids is 1. The largest absolute Gasteiger partial charge is 0.479 e. The van der Waals surface area contributed by atoms with E-state index in [0.29, 0.717) is 12.3 Å². The first-order valence-corrected chi connectivity index (χ1v) is 14.0. The van der Waals surface area contributed by atoms with Crippen molar-refractivity contribution >= 4 is 75.4 Å². The van der Waals surface area contributed by atoms with Crippen molar-refractivity contribution in [2.45, 2.75) is 21.6 Å². The highest BCUT2D eigenvalue weighted by molar-refractivity contribution is 8.06. The molecule has 0 radical (unpaired) electrons. The van der Waals surface area contributed by atoms with Gasteiger partial charge < -0.3 is 27.1 Å². The zero-order valence-electron chi connectivity index (χ0n) is 18.4. The van der Waals surface area contributed by atoms with Crippen molar-refractivity contribution in [2.75, 3.05) is 23.8 Å². The minimum Gasteiger partial charge on any atom is -0.479 e. The number of pyridine rings is 1. The van der Waals surface area contributed by atoms with E-state index in [2.05, 4.69) is 24.8 Å². The van der Waals surface area contributed by atoms with Gasteiger partial charge in [0.2, 0.25) is 17.1 Å². The lowest BCUT2D eigenvalue weighted by Crippen LogP contribution is -2.82. The zero-order valence-corrected chi connectivity index (χ0v) is 21.6. The number of hydrogen-bond acceptors (Lipinski definition) is 14. The number of carbonyl (C=O) groups is 3. The van der Waals surface area contributed by atoms with Crippen LogP contribution in [0.2, 0.25) is 0 Å². The van der Waals surface area contributed by atoms with E-state index in [1.165, 1.54) is 28.4 Å². The van der Waals surface area contributed by atoms with Crippen LogP contribution in [0.3, 0.4) is 0 Å². The van der Waals surface area contributed by atoms with Crippen LogP contribution in [0.5, 0.6) is 0 Å². The van der Waals surface area contributed by atoms with E-state index in [-0.39, 0.29) is 11.0 Å². The lowest BCUT2D eigenvalue weighted by molar-refractivity contribution is -0.169. The van der Waals surface area contributed by atoms with Crippen molar-refractivity contribution < 1.29 is 24.7 Å². The maximum Gasteiger partial charge on any atom is 0.342 e. The summed E-state index contributed by atoms with van der Waals surface area (Å²) >= 11 is 5.11. The van der Waals surface area contributed by atoms with Gasteiger partial charge in [0.15, 0.2) is 5.13 Å². The number of carbonyl (C=O) groups excluding carboxylic acids is 2. The van der Waals surface area contributed by atoms with Crippen molar-refractivity contribution in [3.63, 3.8) is 0 Å². The number of anilines is 1. The topological polar surface area (TPSA) is 210 Å². The van der Waals surface area contributed by atoms with Crippen molar-refractivity contribution in [1.82, 2.24) is 24.6 Å². The molecule has 190 valence electrons. The Morgan fingerprint density at radius 3 is 2.89 bits per heavy atom. The van der Waals surface area contributed by atoms with Gasteiger partial charge >= 0.3 is 5.97 Å². The number of fused-ring (bicyclic) bond motifs is 1. The first-order valence-electron chi connectivity index (χ1n) is 10.2. The number of aromatic nitrogens is 3. The maximum absolute atomic E-state index is 13.1. The SMILES string of the molecule is NCCSCc1ccncc1SC1=CN2C(=O)[C@@](NC(=O)/C(=N\O)c3nsc(N)n3)(C(=O)O)[C@@H]2SC1. The van der Waals surface area contributed by atoms with E-state index in [4.69, 9.17) is 11.5 Å². The Labute approximate surface area is 221 Å². The van der Waals surface area contributed by atoms with Gasteiger partial charge in [-0.2, -0.15) is 21.1 Å². The first-order chi connectivity index (χ1) is 17.3. The summed E-state index contributed by atoms with van der Waals surface area (Å²) in [5.74, 6) is -1.78. The van der Waals surface area contributed by atoms with Crippen LogP contribution in [0.1, 0.15) is 11.4 Å². The molecule has 2 aliphatic rings. The standard InChI is InChI=1S/C19H20N8O5S4/c20-2-4-33-7-9-1-3-22-5-11(9)35-10-6-27-15(29)19(17(30)31,16(27)34-8-10)24-14(28)12(25-32)13-23-18(21)36-26-13/h1,3,5-6,16,32H,2,4,7-8,20H2,(H,24,28)(H,30,31)(H2,21,23,26)/b25-12-/t16-,19-/m0/s1. The molecule has 0 spiro atoms. The van der Waals surface area contributed by atoms with Gasteiger partial charge in [-0.05, 0) is 11.6 Å². The molecular formula is C19H20N8O5S4. The Bertz CT molecular complexity index is 1250. The number of nitrogens with one attached hydrogen (secondary N) is 1. The van der Waals surface area contributed by atoms with Gasteiger partial charge in [-0.25, -0.2) is 4.79 Å². The number of nitrogens with zero attached hydrogens (tertiary/aromatic N) is 5. The minimum absolute atomic E-state index is 0.0190. The molecule has 0 aromatic carbocycles. The van der Waals surface area contributed by atoms with E-state index in [1.54, 1.807) is 30.4 Å². The molecule has 13 nitrogen and oxygen atoms in total. The number of β-lactam (4-membered cyclic amide) rings is 1. The summed E-state index contributed by atoms with van der Waals surface area (Å²) < 4.78 is 3.79. The maximum atomic E-state index is 13.1. The predicted molar refractivity (Wildman–Crippen MR) is 138 cm³/mol. The minimum atomic E-state index is -2.25. The van der Waals surface area contributed by atoms with Crippen LogP contribution in [0.25, 0.3) is 0 Å². The molecule has 2 atom stereocenters. The number of carboxylic acid groups (broad SMARTS) is 1. The molecule has 1 saturated heterocycles. The number of carboxylic acids is 1. The third-order valence-corrected chi connectivity index (χ3v) is 9.35. The summed E-state index contributed by atoms with van der Waals surface area (Å²) in [7, 11) is 0. The number of nitrogens with two attached hydrogens (primary N) is 2. The normalized spacial score (nSPS) is 21.4. The van der Waals surface area contributed by atoms with E-state index in [0.717, 1.165) is 38.4 Å². The quantitative estimate of drug-likeness (QED) is 0.0656. The highest BCUT2D eigenvalue weighted by Crippen LogP contribution is 2.46. The Kier molecular flexibility index (Phi) is 8.04. The van der Waals surface area contributed by atoms with E-state index in [9.17, 15) is 24.7 Å². The van der Waals surface area contributed by atoms with Gasteiger partial charge in [0.25, 0.3) is 11.8 Å². The summed E-state index contributed by atoms with van der Waals surface area (Å²) in [6.07, 6.45) is 5.05. The average molecular weight is 569 g/mol.